The van der Waals surface area contributed by atoms with Crippen LogP contribution in [0, 0.1) is 22.9 Å². The number of rotatable bonds is 7. The molecule has 3 saturated carbocycles. The van der Waals surface area contributed by atoms with Crippen LogP contribution in [0.25, 0.3) is 11.0 Å². The Hall–Kier alpha value is -3.31. The molecule has 3 aliphatic rings. The number of H-pyrrole nitrogens is 1. The van der Waals surface area contributed by atoms with Crippen molar-refractivity contribution in [3.8, 4) is 5.75 Å². The fourth-order valence-electron chi connectivity index (χ4n) is 5.33. The number of amides is 2. The molecular formula is C25H24ClF3N4O4. The Morgan fingerprint density at radius 1 is 1.11 bits per heavy atom. The minimum Gasteiger partial charge on any atom is -0.484 e. The van der Waals surface area contributed by atoms with E-state index in [1.807, 2.05) is 0 Å². The van der Waals surface area contributed by atoms with Crippen LogP contribution < -0.4 is 15.4 Å². The highest BCUT2D eigenvalue weighted by molar-refractivity contribution is 6.30. The Morgan fingerprint density at radius 3 is 2.54 bits per heavy atom. The quantitative estimate of drug-likeness (QED) is 0.369. The number of fused-ring (bicyclic) bond motifs is 4. The van der Waals surface area contributed by atoms with Gasteiger partial charge in [-0.15, -0.1) is 0 Å². The van der Waals surface area contributed by atoms with Gasteiger partial charge in [-0.05, 0) is 44.2 Å². The molecule has 37 heavy (non-hydrogen) atoms. The number of carbonyl (C=O) groups is 2. The van der Waals surface area contributed by atoms with Crippen molar-refractivity contribution in [1.29, 1.82) is 0 Å². The standard InChI is InChI=1S/C25H24ClF3N4O4/c26-14-2-1-13(7-15(14)27)37-12-22(35)33-25-5-3-24(4-6-25,10-20(25)34)23(36)30-11-21-31-18-8-16(28)17(29)9-19(18)32-21/h1-2,7-9,20,34H,3-6,10-12H2,(H,30,36)(H,31,32)(H,33,35). The van der Waals surface area contributed by atoms with E-state index in [-0.39, 0.29) is 41.8 Å². The van der Waals surface area contributed by atoms with Crippen molar-refractivity contribution < 1.29 is 32.6 Å². The minimum atomic E-state index is -1.01. The summed E-state index contributed by atoms with van der Waals surface area (Å²) in [5.41, 5.74) is -1.11. The summed E-state index contributed by atoms with van der Waals surface area (Å²) in [6, 6.07) is 5.84. The van der Waals surface area contributed by atoms with E-state index in [1.165, 1.54) is 12.1 Å². The van der Waals surface area contributed by atoms with Gasteiger partial charge in [-0.25, -0.2) is 18.2 Å². The van der Waals surface area contributed by atoms with Crippen LogP contribution >= 0.6 is 11.6 Å². The molecule has 0 radical (unpaired) electrons. The van der Waals surface area contributed by atoms with Crippen LogP contribution in [0.15, 0.2) is 30.3 Å². The Balaban J connectivity index is 1.17. The molecule has 12 heteroatoms. The van der Waals surface area contributed by atoms with E-state index < -0.39 is 40.4 Å². The van der Waals surface area contributed by atoms with E-state index in [1.54, 1.807) is 0 Å². The summed E-state index contributed by atoms with van der Waals surface area (Å²) in [4.78, 5) is 32.7. The largest absolute Gasteiger partial charge is 0.484 e. The van der Waals surface area contributed by atoms with Crippen LogP contribution in [-0.2, 0) is 16.1 Å². The first kappa shape index (κ1) is 25.3. The van der Waals surface area contributed by atoms with Crippen molar-refractivity contribution >= 4 is 34.4 Å². The van der Waals surface area contributed by atoms with Gasteiger partial charge in [0, 0.05) is 18.2 Å². The molecule has 2 amide bonds. The number of carbonyl (C=O) groups excluding carboxylic acids is 2. The summed E-state index contributed by atoms with van der Waals surface area (Å²) in [7, 11) is 0. The Labute approximate surface area is 214 Å². The zero-order valence-electron chi connectivity index (χ0n) is 19.5. The Morgan fingerprint density at radius 2 is 1.84 bits per heavy atom. The molecule has 2 bridgehead atoms. The molecule has 3 aliphatic carbocycles. The summed E-state index contributed by atoms with van der Waals surface area (Å²) in [5, 5.41) is 16.5. The molecule has 3 aromatic rings. The summed E-state index contributed by atoms with van der Waals surface area (Å²) >= 11 is 5.65. The van der Waals surface area contributed by atoms with E-state index >= 15 is 0 Å². The van der Waals surface area contributed by atoms with Crippen molar-refractivity contribution in [2.24, 2.45) is 5.41 Å². The zero-order valence-corrected chi connectivity index (χ0v) is 20.3. The molecule has 2 aromatic carbocycles. The number of hydrogen-bond acceptors (Lipinski definition) is 5. The van der Waals surface area contributed by atoms with Crippen LogP contribution in [-0.4, -0.2) is 45.1 Å². The highest BCUT2D eigenvalue weighted by Crippen LogP contribution is 2.52. The summed E-state index contributed by atoms with van der Waals surface area (Å²) in [5.74, 6) is -2.89. The van der Waals surface area contributed by atoms with Gasteiger partial charge in [0.2, 0.25) is 5.91 Å². The smallest absolute Gasteiger partial charge is 0.258 e. The molecule has 0 spiro atoms. The van der Waals surface area contributed by atoms with E-state index in [2.05, 4.69) is 20.6 Å². The van der Waals surface area contributed by atoms with Gasteiger partial charge < -0.3 is 25.5 Å². The normalized spacial score (nSPS) is 24.7. The second-order valence-corrected chi connectivity index (χ2v) is 10.1. The molecule has 1 unspecified atom stereocenters. The third kappa shape index (κ3) is 4.85. The number of aliphatic hydroxyl groups is 1. The number of nitrogens with zero attached hydrogens (tertiary/aromatic N) is 1. The molecule has 1 atom stereocenters. The minimum absolute atomic E-state index is 0.0269. The molecule has 1 heterocycles. The first-order valence-electron chi connectivity index (χ1n) is 11.8. The van der Waals surface area contributed by atoms with Gasteiger partial charge in [-0.3, -0.25) is 9.59 Å². The molecule has 6 rings (SSSR count). The molecule has 1 aromatic heterocycles. The molecule has 196 valence electrons. The third-order valence-corrected chi connectivity index (χ3v) is 7.75. The van der Waals surface area contributed by atoms with Gasteiger partial charge in [0.05, 0.1) is 39.7 Å². The summed E-state index contributed by atoms with van der Waals surface area (Å²) < 4.78 is 45.8. The van der Waals surface area contributed by atoms with Gasteiger partial charge in [-0.2, -0.15) is 0 Å². The lowest BCUT2D eigenvalue weighted by molar-refractivity contribution is -0.151. The lowest BCUT2D eigenvalue weighted by Crippen LogP contribution is -2.67. The van der Waals surface area contributed by atoms with Crippen molar-refractivity contribution in [3.05, 3.63) is 58.6 Å². The van der Waals surface area contributed by atoms with Gasteiger partial charge >= 0.3 is 0 Å². The number of aromatic nitrogens is 2. The van der Waals surface area contributed by atoms with E-state index in [4.69, 9.17) is 16.3 Å². The topological polar surface area (TPSA) is 116 Å². The first-order valence-corrected chi connectivity index (χ1v) is 12.2. The molecular weight excluding hydrogens is 513 g/mol. The fourth-order valence-corrected chi connectivity index (χ4v) is 5.45. The Bertz CT molecular complexity index is 1330. The molecule has 8 nitrogen and oxygen atoms in total. The number of hydrogen-bond donors (Lipinski definition) is 4. The lowest BCUT2D eigenvalue weighted by Gasteiger charge is -2.55. The number of imidazole rings is 1. The molecule has 4 N–H and O–H groups in total. The fraction of sp³-hybridized carbons (Fsp3) is 0.400. The van der Waals surface area contributed by atoms with E-state index in [0.29, 0.717) is 37.0 Å². The zero-order chi connectivity index (χ0) is 26.4. The average Bonchev–Trinajstić information content (AvgIpc) is 3.26. The van der Waals surface area contributed by atoms with Crippen LogP contribution in [0.5, 0.6) is 5.75 Å². The monoisotopic (exact) mass is 536 g/mol. The maximum absolute atomic E-state index is 13.6. The predicted molar refractivity (Wildman–Crippen MR) is 127 cm³/mol. The third-order valence-electron chi connectivity index (χ3n) is 7.44. The van der Waals surface area contributed by atoms with Crippen LogP contribution in [0.3, 0.4) is 0 Å². The predicted octanol–water partition coefficient (Wildman–Crippen LogP) is 3.51. The number of benzene rings is 2. The van der Waals surface area contributed by atoms with Crippen molar-refractivity contribution in [1.82, 2.24) is 20.6 Å². The Kier molecular flexibility index (Phi) is 6.53. The van der Waals surface area contributed by atoms with Crippen molar-refractivity contribution in [2.45, 2.75) is 50.3 Å². The highest BCUT2D eigenvalue weighted by Gasteiger charge is 2.57. The summed E-state index contributed by atoms with van der Waals surface area (Å²) in [6.45, 7) is -0.342. The van der Waals surface area contributed by atoms with Gasteiger partial charge in [-0.1, -0.05) is 11.6 Å². The maximum atomic E-state index is 13.6. The summed E-state index contributed by atoms with van der Waals surface area (Å²) in [6.07, 6.45) is 0.915. The van der Waals surface area contributed by atoms with E-state index in [0.717, 1.165) is 18.2 Å². The lowest BCUT2D eigenvalue weighted by atomic mass is 9.55. The molecule has 0 aliphatic heterocycles. The second-order valence-electron chi connectivity index (χ2n) is 9.72. The van der Waals surface area contributed by atoms with Crippen molar-refractivity contribution in [3.63, 3.8) is 0 Å². The molecule has 3 fully saturated rings. The van der Waals surface area contributed by atoms with Gasteiger partial charge in [0.25, 0.3) is 5.91 Å². The molecule has 0 saturated heterocycles. The number of ether oxygens (including phenoxy) is 1. The van der Waals surface area contributed by atoms with E-state index in [9.17, 15) is 27.9 Å². The van der Waals surface area contributed by atoms with Gasteiger partial charge in [0.1, 0.15) is 17.4 Å². The van der Waals surface area contributed by atoms with Crippen LogP contribution in [0.2, 0.25) is 5.02 Å². The van der Waals surface area contributed by atoms with Crippen LogP contribution in [0.1, 0.15) is 37.9 Å². The SMILES string of the molecule is O=C(COc1ccc(Cl)c(F)c1)NC12CCC(C(=O)NCc3nc4cc(F)c(F)cc4[nH]3)(CC1)CC2O. The number of aliphatic hydroxyl groups excluding tert-OH is 1. The number of nitrogens with one attached hydrogen (secondary N) is 3. The average molecular weight is 537 g/mol. The number of aromatic amines is 1. The van der Waals surface area contributed by atoms with Crippen molar-refractivity contribution in [2.75, 3.05) is 6.61 Å². The maximum Gasteiger partial charge on any atom is 0.258 e. The second kappa shape index (κ2) is 9.53. The van der Waals surface area contributed by atoms with Crippen LogP contribution in [0.4, 0.5) is 13.2 Å². The van der Waals surface area contributed by atoms with Gasteiger partial charge in [0.15, 0.2) is 18.2 Å². The first-order chi connectivity index (χ1) is 17.6. The number of halogens is 4. The highest BCUT2D eigenvalue weighted by atomic mass is 35.5.